The van der Waals surface area contributed by atoms with Gasteiger partial charge in [-0.15, -0.1) is 0 Å². The van der Waals surface area contributed by atoms with Crippen LogP contribution in [-0.4, -0.2) is 11.0 Å². The second-order valence-corrected chi connectivity index (χ2v) is 4.32. The Bertz CT molecular complexity index is 663. The largest absolute Gasteiger partial charge is 0.392 e. The summed E-state index contributed by atoms with van der Waals surface area (Å²) in [6, 6.07) is 10.1. The van der Waals surface area contributed by atoms with Gasteiger partial charge in [0.05, 0.1) is 6.61 Å². The van der Waals surface area contributed by atoms with Crippen LogP contribution in [0, 0.1) is 11.6 Å². The first-order valence-corrected chi connectivity index (χ1v) is 6.23. The van der Waals surface area contributed by atoms with Gasteiger partial charge in [-0.2, -0.15) is 0 Å². The third-order valence-electron chi connectivity index (χ3n) is 2.78. The van der Waals surface area contributed by atoms with Crippen LogP contribution in [0.2, 0.25) is 0 Å². The highest BCUT2D eigenvalue weighted by atomic mass is 19.1. The Labute approximate surface area is 120 Å². The van der Waals surface area contributed by atoms with E-state index in [1.54, 1.807) is 24.3 Å². The van der Waals surface area contributed by atoms with Crippen LogP contribution in [0.4, 0.5) is 14.5 Å². The van der Waals surface area contributed by atoms with Crippen LogP contribution in [0.25, 0.3) is 6.08 Å². The van der Waals surface area contributed by atoms with Crippen molar-refractivity contribution in [2.75, 3.05) is 5.32 Å². The van der Waals surface area contributed by atoms with Crippen LogP contribution in [0.3, 0.4) is 0 Å². The second kappa shape index (κ2) is 6.76. The lowest BCUT2D eigenvalue weighted by Gasteiger charge is -2.04. The molecule has 21 heavy (non-hydrogen) atoms. The van der Waals surface area contributed by atoms with Crippen LogP contribution in [0.5, 0.6) is 0 Å². The zero-order chi connectivity index (χ0) is 15.2. The topological polar surface area (TPSA) is 49.3 Å². The fraction of sp³-hybridized carbons (Fsp3) is 0.0625. The van der Waals surface area contributed by atoms with Gasteiger partial charge in [0.1, 0.15) is 11.6 Å². The maximum absolute atomic E-state index is 13.4. The van der Waals surface area contributed by atoms with Crippen LogP contribution in [-0.2, 0) is 11.4 Å². The number of amides is 1. The Morgan fingerprint density at radius 1 is 1.14 bits per heavy atom. The van der Waals surface area contributed by atoms with E-state index in [9.17, 15) is 13.6 Å². The molecule has 5 heteroatoms. The normalized spacial score (nSPS) is 10.8. The SMILES string of the molecule is O=C(/C=C/c1c(F)cccc1F)Nc1cccc(CO)c1. The lowest BCUT2D eigenvalue weighted by Crippen LogP contribution is -2.08. The number of benzene rings is 2. The van der Waals surface area contributed by atoms with Gasteiger partial charge >= 0.3 is 0 Å². The molecule has 0 bridgehead atoms. The minimum absolute atomic E-state index is 0.139. The third kappa shape index (κ3) is 3.97. The van der Waals surface area contributed by atoms with Gasteiger partial charge in [0.25, 0.3) is 0 Å². The third-order valence-corrected chi connectivity index (χ3v) is 2.78. The van der Waals surface area contributed by atoms with Gasteiger partial charge in [-0.1, -0.05) is 18.2 Å². The van der Waals surface area contributed by atoms with Crippen LogP contribution >= 0.6 is 0 Å². The molecule has 0 atom stereocenters. The first-order valence-electron chi connectivity index (χ1n) is 6.23. The van der Waals surface area contributed by atoms with Crippen LogP contribution in [0.15, 0.2) is 48.5 Å². The second-order valence-electron chi connectivity index (χ2n) is 4.32. The molecule has 0 spiro atoms. The monoisotopic (exact) mass is 289 g/mol. The predicted molar refractivity (Wildman–Crippen MR) is 76.4 cm³/mol. The molecule has 2 N–H and O–H groups in total. The molecule has 2 rings (SSSR count). The van der Waals surface area contributed by atoms with Gasteiger partial charge in [0, 0.05) is 17.3 Å². The van der Waals surface area contributed by atoms with Crippen molar-refractivity contribution in [3.8, 4) is 0 Å². The molecule has 108 valence electrons. The van der Waals surface area contributed by atoms with Crippen molar-refractivity contribution < 1.29 is 18.7 Å². The Morgan fingerprint density at radius 2 is 1.81 bits per heavy atom. The molecule has 0 saturated carbocycles. The maximum Gasteiger partial charge on any atom is 0.248 e. The number of rotatable bonds is 4. The summed E-state index contributed by atoms with van der Waals surface area (Å²) in [4.78, 5) is 11.7. The number of carbonyl (C=O) groups excluding carboxylic acids is 1. The number of aliphatic hydroxyl groups excluding tert-OH is 1. The zero-order valence-corrected chi connectivity index (χ0v) is 11.0. The lowest BCUT2D eigenvalue weighted by atomic mass is 10.2. The average Bonchev–Trinajstić information content (AvgIpc) is 2.47. The molecule has 0 aliphatic rings. The fourth-order valence-electron chi connectivity index (χ4n) is 1.76. The van der Waals surface area contributed by atoms with E-state index in [4.69, 9.17) is 5.11 Å². The Hall–Kier alpha value is -2.53. The molecule has 0 aliphatic heterocycles. The number of hydrogen-bond acceptors (Lipinski definition) is 2. The minimum atomic E-state index is -0.735. The van der Waals surface area contributed by atoms with Gasteiger partial charge in [0.2, 0.25) is 5.91 Å². The molecule has 2 aromatic carbocycles. The summed E-state index contributed by atoms with van der Waals surface area (Å²) in [5.74, 6) is -1.99. The number of aliphatic hydroxyl groups is 1. The van der Waals surface area contributed by atoms with E-state index in [-0.39, 0.29) is 12.2 Å². The predicted octanol–water partition coefficient (Wildman–Crippen LogP) is 3.11. The molecule has 0 radical (unpaired) electrons. The van der Waals surface area contributed by atoms with E-state index in [2.05, 4.69) is 5.32 Å². The van der Waals surface area contributed by atoms with Crippen molar-refractivity contribution in [2.24, 2.45) is 0 Å². The number of hydrogen-bond donors (Lipinski definition) is 2. The Balaban J connectivity index is 2.09. The average molecular weight is 289 g/mol. The molecule has 0 fully saturated rings. The maximum atomic E-state index is 13.4. The van der Waals surface area contributed by atoms with E-state index >= 15 is 0 Å². The van der Waals surface area contributed by atoms with Crippen LogP contribution < -0.4 is 5.32 Å². The summed E-state index contributed by atoms with van der Waals surface area (Å²) in [5, 5.41) is 11.5. The summed E-state index contributed by atoms with van der Waals surface area (Å²) in [6.45, 7) is -0.139. The number of anilines is 1. The van der Waals surface area contributed by atoms with E-state index in [1.165, 1.54) is 6.07 Å². The van der Waals surface area contributed by atoms with Crippen molar-refractivity contribution in [3.05, 3.63) is 71.3 Å². The molecule has 0 heterocycles. The zero-order valence-electron chi connectivity index (χ0n) is 11.0. The summed E-state index contributed by atoms with van der Waals surface area (Å²) in [6.07, 6.45) is 2.13. The van der Waals surface area contributed by atoms with E-state index in [0.717, 1.165) is 24.3 Å². The fourth-order valence-corrected chi connectivity index (χ4v) is 1.76. The molecule has 0 saturated heterocycles. The molecule has 1 amide bonds. The van der Waals surface area contributed by atoms with Gasteiger partial charge in [-0.3, -0.25) is 4.79 Å². The van der Waals surface area contributed by atoms with Crippen molar-refractivity contribution in [1.82, 2.24) is 0 Å². The standard InChI is InChI=1S/C16H13F2NO2/c17-14-5-2-6-15(18)13(14)7-8-16(21)19-12-4-1-3-11(9-12)10-20/h1-9,20H,10H2,(H,19,21)/b8-7+. The quantitative estimate of drug-likeness (QED) is 0.850. The molecule has 3 nitrogen and oxygen atoms in total. The summed E-state index contributed by atoms with van der Waals surface area (Å²) in [7, 11) is 0. The van der Waals surface area contributed by atoms with E-state index in [1.807, 2.05) is 0 Å². The molecule has 0 aliphatic carbocycles. The van der Waals surface area contributed by atoms with Crippen LogP contribution in [0.1, 0.15) is 11.1 Å². The Morgan fingerprint density at radius 3 is 2.48 bits per heavy atom. The molecule has 0 aromatic heterocycles. The molecule has 2 aromatic rings. The minimum Gasteiger partial charge on any atom is -0.392 e. The van der Waals surface area contributed by atoms with Gasteiger partial charge in [0.15, 0.2) is 0 Å². The van der Waals surface area contributed by atoms with Crippen molar-refractivity contribution in [1.29, 1.82) is 0 Å². The number of nitrogens with one attached hydrogen (secondary N) is 1. The van der Waals surface area contributed by atoms with Crippen molar-refractivity contribution in [3.63, 3.8) is 0 Å². The summed E-state index contributed by atoms with van der Waals surface area (Å²) < 4.78 is 26.8. The summed E-state index contributed by atoms with van der Waals surface area (Å²) in [5.41, 5.74) is 0.874. The van der Waals surface area contributed by atoms with E-state index in [0.29, 0.717) is 11.3 Å². The highest BCUT2D eigenvalue weighted by Gasteiger charge is 2.05. The van der Waals surface area contributed by atoms with Gasteiger partial charge in [-0.25, -0.2) is 8.78 Å². The van der Waals surface area contributed by atoms with E-state index < -0.39 is 17.5 Å². The highest BCUT2D eigenvalue weighted by Crippen LogP contribution is 2.14. The Kier molecular flexibility index (Phi) is 4.79. The molecule has 0 unspecified atom stereocenters. The first kappa shape index (κ1) is 14.9. The van der Waals surface area contributed by atoms with Gasteiger partial charge < -0.3 is 10.4 Å². The van der Waals surface area contributed by atoms with Gasteiger partial charge in [-0.05, 0) is 35.9 Å². The number of carbonyl (C=O) groups is 1. The molecular weight excluding hydrogens is 276 g/mol. The van der Waals surface area contributed by atoms with Crippen molar-refractivity contribution in [2.45, 2.75) is 6.61 Å². The highest BCUT2D eigenvalue weighted by molar-refractivity contribution is 6.01. The number of halogens is 2. The summed E-state index contributed by atoms with van der Waals surface area (Å²) >= 11 is 0. The molecular formula is C16H13F2NO2. The smallest absolute Gasteiger partial charge is 0.248 e. The van der Waals surface area contributed by atoms with Crippen molar-refractivity contribution >= 4 is 17.7 Å². The lowest BCUT2D eigenvalue weighted by molar-refractivity contribution is -0.111. The first-order chi connectivity index (χ1) is 10.1.